The Bertz CT molecular complexity index is 448. The van der Waals surface area contributed by atoms with E-state index in [-0.39, 0.29) is 12.1 Å². The van der Waals surface area contributed by atoms with Crippen LogP contribution in [0.4, 0.5) is 4.79 Å². The minimum absolute atomic E-state index is 0.190. The van der Waals surface area contributed by atoms with E-state index >= 15 is 0 Å². The third kappa shape index (κ3) is 2.84. The van der Waals surface area contributed by atoms with Gasteiger partial charge in [0.05, 0.1) is 0 Å². The quantitative estimate of drug-likeness (QED) is 0.703. The van der Waals surface area contributed by atoms with Crippen LogP contribution in [-0.4, -0.2) is 22.6 Å². The summed E-state index contributed by atoms with van der Waals surface area (Å²) in [5.74, 6) is 0. The molecule has 1 aromatic rings. The van der Waals surface area contributed by atoms with E-state index in [4.69, 9.17) is 4.74 Å². The molecule has 0 bridgehead atoms. The van der Waals surface area contributed by atoms with Gasteiger partial charge in [-0.15, -0.1) is 0 Å². The lowest BCUT2D eigenvalue weighted by molar-refractivity contribution is 0.0138. The molecule has 3 nitrogen and oxygen atoms in total. The molecule has 18 heavy (non-hydrogen) atoms. The number of rotatable bonds is 0. The number of carbonyl (C=O) groups excluding carboxylic acids is 1. The Kier molecular flexibility index (Phi) is 3.33. The lowest BCUT2D eigenvalue weighted by atomic mass is 9.95. The molecule has 0 spiro atoms. The first kappa shape index (κ1) is 12.9. The van der Waals surface area contributed by atoms with Gasteiger partial charge in [-0.25, -0.2) is 4.79 Å². The van der Waals surface area contributed by atoms with Gasteiger partial charge in [0.2, 0.25) is 0 Å². The smallest absolute Gasteiger partial charge is 0.410 e. The number of carbonyl (C=O) groups is 1. The summed E-state index contributed by atoms with van der Waals surface area (Å²) >= 11 is 0. The van der Waals surface area contributed by atoms with Crippen molar-refractivity contribution in [2.45, 2.75) is 52.3 Å². The highest BCUT2D eigenvalue weighted by Gasteiger charge is 2.29. The van der Waals surface area contributed by atoms with Crippen molar-refractivity contribution in [3.8, 4) is 0 Å². The van der Waals surface area contributed by atoms with E-state index in [0.717, 1.165) is 6.42 Å². The predicted octanol–water partition coefficient (Wildman–Crippen LogP) is 3.37. The third-order valence-electron chi connectivity index (χ3n) is 3.13. The summed E-state index contributed by atoms with van der Waals surface area (Å²) in [6.45, 7) is 8.40. The standard InChI is InChI=1S/C15H21NO2/c1-11-9-12-7-5-6-8-13(12)10-16(11)14(17)18-15(2,3)4/h5-8,11H,9-10H2,1-4H3. The number of hydrogen-bond donors (Lipinski definition) is 0. The number of ether oxygens (including phenoxy) is 1. The fourth-order valence-corrected chi connectivity index (χ4v) is 2.24. The molecule has 1 atom stereocenters. The molecule has 1 heterocycles. The van der Waals surface area contributed by atoms with E-state index < -0.39 is 5.60 Å². The second kappa shape index (κ2) is 4.63. The van der Waals surface area contributed by atoms with E-state index in [0.29, 0.717) is 6.54 Å². The zero-order valence-electron chi connectivity index (χ0n) is 11.6. The van der Waals surface area contributed by atoms with Crippen LogP contribution in [-0.2, 0) is 17.7 Å². The number of nitrogens with zero attached hydrogens (tertiary/aromatic N) is 1. The first-order valence-electron chi connectivity index (χ1n) is 6.43. The SMILES string of the molecule is CC1Cc2ccccc2CN1C(=O)OC(C)(C)C. The Morgan fingerprint density at radius 3 is 2.50 bits per heavy atom. The van der Waals surface area contributed by atoms with Gasteiger partial charge in [0, 0.05) is 12.6 Å². The number of fused-ring (bicyclic) bond motifs is 1. The monoisotopic (exact) mass is 247 g/mol. The average molecular weight is 247 g/mol. The number of benzene rings is 1. The molecular formula is C15H21NO2. The lowest BCUT2D eigenvalue weighted by Crippen LogP contribution is -2.45. The van der Waals surface area contributed by atoms with Gasteiger partial charge in [-0.3, -0.25) is 0 Å². The molecular weight excluding hydrogens is 226 g/mol. The van der Waals surface area contributed by atoms with Crippen LogP contribution in [0.25, 0.3) is 0 Å². The van der Waals surface area contributed by atoms with Gasteiger partial charge >= 0.3 is 6.09 Å². The summed E-state index contributed by atoms with van der Waals surface area (Å²) in [6.07, 6.45) is 0.680. The Balaban J connectivity index is 2.14. The molecule has 1 aromatic carbocycles. The molecule has 1 amide bonds. The summed E-state index contributed by atoms with van der Waals surface area (Å²) < 4.78 is 5.45. The van der Waals surface area contributed by atoms with Crippen molar-refractivity contribution in [1.29, 1.82) is 0 Å². The van der Waals surface area contributed by atoms with Gasteiger partial charge in [-0.1, -0.05) is 24.3 Å². The minimum atomic E-state index is -0.437. The van der Waals surface area contributed by atoms with Crippen molar-refractivity contribution < 1.29 is 9.53 Å². The van der Waals surface area contributed by atoms with Crippen molar-refractivity contribution in [3.05, 3.63) is 35.4 Å². The van der Waals surface area contributed by atoms with Gasteiger partial charge in [0.25, 0.3) is 0 Å². The maximum absolute atomic E-state index is 12.1. The summed E-state index contributed by atoms with van der Waals surface area (Å²) in [5, 5.41) is 0. The first-order chi connectivity index (χ1) is 8.37. The molecule has 0 radical (unpaired) electrons. The zero-order chi connectivity index (χ0) is 13.3. The molecule has 0 saturated heterocycles. The normalized spacial score (nSPS) is 19.3. The predicted molar refractivity (Wildman–Crippen MR) is 71.4 cm³/mol. The molecule has 1 aliphatic rings. The van der Waals surface area contributed by atoms with E-state index in [1.165, 1.54) is 11.1 Å². The van der Waals surface area contributed by atoms with E-state index in [1.54, 1.807) is 0 Å². The molecule has 2 rings (SSSR count). The maximum Gasteiger partial charge on any atom is 0.410 e. The molecule has 0 fully saturated rings. The summed E-state index contributed by atoms with van der Waals surface area (Å²) in [6, 6.07) is 8.47. The van der Waals surface area contributed by atoms with Gasteiger partial charge in [-0.2, -0.15) is 0 Å². The average Bonchev–Trinajstić information content (AvgIpc) is 2.25. The minimum Gasteiger partial charge on any atom is -0.444 e. The first-order valence-corrected chi connectivity index (χ1v) is 6.43. The van der Waals surface area contributed by atoms with Crippen LogP contribution < -0.4 is 0 Å². The molecule has 0 saturated carbocycles. The molecule has 0 aliphatic carbocycles. The van der Waals surface area contributed by atoms with E-state index in [2.05, 4.69) is 25.1 Å². The van der Waals surface area contributed by atoms with Gasteiger partial charge in [0.15, 0.2) is 0 Å². The Morgan fingerprint density at radius 2 is 1.89 bits per heavy atom. The number of amides is 1. The van der Waals surface area contributed by atoms with Crippen molar-refractivity contribution in [2.24, 2.45) is 0 Å². The molecule has 1 aliphatic heterocycles. The fraction of sp³-hybridized carbons (Fsp3) is 0.533. The molecule has 1 unspecified atom stereocenters. The van der Waals surface area contributed by atoms with Crippen LogP contribution in [0.15, 0.2) is 24.3 Å². The topological polar surface area (TPSA) is 29.5 Å². The van der Waals surface area contributed by atoms with Gasteiger partial charge < -0.3 is 9.64 Å². The van der Waals surface area contributed by atoms with Crippen LogP contribution in [0.2, 0.25) is 0 Å². The van der Waals surface area contributed by atoms with Gasteiger partial charge in [-0.05, 0) is 45.2 Å². The Labute approximate surface area is 109 Å². The van der Waals surface area contributed by atoms with Gasteiger partial charge in [0.1, 0.15) is 5.60 Å². The Morgan fingerprint density at radius 1 is 1.28 bits per heavy atom. The summed E-state index contributed by atoms with van der Waals surface area (Å²) in [4.78, 5) is 14.0. The molecule has 3 heteroatoms. The number of hydrogen-bond acceptors (Lipinski definition) is 2. The summed E-state index contributed by atoms with van der Waals surface area (Å²) in [5.41, 5.74) is 2.12. The largest absolute Gasteiger partial charge is 0.444 e. The lowest BCUT2D eigenvalue weighted by Gasteiger charge is -2.36. The summed E-state index contributed by atoms with van der Waals surface area (Å²) in [7, 11) is 0. The molecule has 0 aromatic heterocycles. The van der Waals surface area contributed by atoms with Crippen LogP contribution in [0.3, 0.4) is 0 Å². The third-order valence-corrected chi connectivity index (χ3v) is 3.13. The van der Waals surface area contributed by atoms with Crippen LogP contribution in [0.1, 0.15) is 38.8 Å². The van der Waals surface area contributed by atoms with Crippen LogP contribution in [0, 0.1) is 0 Å². The van der Waals surface area contributed by atoms with E-state index in [9.17, 15) is 4.79 Å². The van der Waals surface area contributed by atoms with Crippen molar-refractivity contribution in [3.63, 3.8) is 0 Å². The van der Waals surface area contributed by atoms with Crippen molar-refractivity contribution in [1.82, 2.24) is 4.90 Å². The van der Waals surface area contributed by atoms with E-state index in [1.807, 2.05) is 31.7 Å². The van der Waals surface area contributed by atoms with Crippen LogP contribution in [0.5, 0.6) is 0 Å². The fourth-order valence-electron chi connectivity index (χ4n) is 2.24. The second-order valence-electron chi connectivity index (χ2n) is 5.93. The van der Waals surface area contributed by atoms with Crippen molar-refractivity contribution >= 4 is 6.09 Å². The Hall–Kier alpha value is -1.51. The molecule has 98 valence electrons. The second-order valence-corrected chi connectivity index (χ2v) is 5.93. The zero-order valence-corrected chi connectivity index (χ0v) is 11.6. The van der Waals surface area contributed by atoms with Crippen molar-refractivity contribution in [2.75, 3.05) is 0 Å². The highest BCUT2D eigenvalue weighted by molar-refractivity contribution is 5.69. The maximum atomic E-state index is 12.1. The molecule has 0 N–H and O–H groups in total. The highest BCUT2D eigenvalue weighted by atomic mass is 16.6. The highest BCUT2D eigenvalue weighted by Crippen LogP contribution is 2.24. The van der Waals surface area contributed by atoms with Crippen LogP contribution >= 0.6 is 0 Å².